The van der Waals surface area contributed by atoms with Gasteiger partial charge in [0.05, 0.1) is 11.0 Å². The average molecular weight is 394 g/mol. The number of piperidine rings is 1. The molecule has 1 amide bonds. The maximum atomic E-state index is 12.5. The fourth-order valence-electron chi connectivity index (χ4n) is 3.99. The van der Waals surface area contributed by atoms with Crippen LogP contribution in [0.1, 0.15) is 18.9 Å². The lowest BCUT2D eigenvalue weighted by Gasteiger charge is -2.33. The third-order valence-electron chi connectivity index (χ3n) is 5.28. The molecule has 3 N–H and O–H groups in total. The molecule has 11 nitrogen and oxygen atoms in total. The van der Waals surface area contributed by atoms with Crippen LogP contribution in [0.25, 0.3) is 16.7 Å². The van der Waals surface area contributed by atoms with Gasteiger partial charge in [-0.3, -0.25) is 14.3 Å². The number of hydrogen-bond acceptors (Lipinski definition) is 6. The van der Waals surface area contributed by atoms with Gasteiger partial charge in [-0.1, -0.05) is 12.1 Å². The zero-order valence-corrected chi connectivity index (χ0v) is 15.3. The Morgan fingerprint density at radius 1 is 1.21 bits per heavy atom. The maximum Gasteiger partial charge on any atom is 0.411 e. The van der Waals surface area contributed by atoms with Crippen LogP contribution in [0.2, 0.25) is 0 Å². The summed E-state index contributed by atoms with van der Waals surface area (Å²) in [4.78, 5) is 32.8. The summed E-state index contributed by atoms with van der Waals surface area (Å²) in [6.07, 6.45) is 3.55. The van der Waals surface area contributed by atoms with Crippen LogP contribution in [0.5, 0.6) is 0 Å². The van der Waals surface area contributed by atoms with Crippen LogP contribution in [-0.4, -0.2) is 53.4 Å². The van der Waals surface area contributed by atoms with Crippen molar-refractivity contribution >= 4 is 34.5 Å². The fourth-order valence-corrected chi connectivity index (χ4v) is 3.99. The SMILES string of the molecule is O=C(O)Nc1nnc2c(N3CCC(n4c(=O)[nH]c5ccccc54)CC3)nccn12. The Kier molecular flexibility index (Phi) is 3.93. The number of carboxylic acid groups (broad SMARTS) is 1. The van der Waals surface area contributed by atoms with Crippen LogP contribution in [-0.2, 0) is 0 Å². The summed E-state index contributed by atoms with van der Waals surface area (Å²) in [5, 5.41) is 19.1. The molecule has 0 unspecified atom stereocenters. The highest BCUT2D eigenvalue weighted by molar-refractivity contribution is 5.81. The number of rotatable bonds is 3. The molecule has 0 bridgehead atoms. The van der Waals surface area contributed by atoms with Crippen molar-refractivity contribution in [1.29, 1.82) is 0 Å². The molecule has 0 spiro atoms. The van der Waals surface area contributed by atoms with E-state index in [4.69, 9.17) is 5.11 Å². The van der Waals surface area contributed by atoms with Gasteiger partial charge in [-0.05, 0) is 25.0 Å². The number of fused-ring (bicyclic) bond motifs is 2. The van der Waals surface area contributed by atoms with E-state index >= 15 is 0 Å². The molecule has 0 radical (unpaired) electrons. The number of anilines is 2. The molecule has 3 aromatic heterocycles. The highest BCUT2D eigenvalue weighted by Gasteiger charge is 2.26. The second-order valence-corrected chi connectivity index (χ2v) is 6.93. The first-order valence-electron chi connectivity index (χ1n) is 9.25. The molecule has 29 heavy (non-hydrogen) atoms. The van der Waals surface area contributed by atoms with E-state index in [0.29, 0.717) is 24.6 Å². The molecule has 148 valence electrons. The van der Waals surface area contributed by atoms with Gasteiger partial charge in [0, 0.05) is 31.5 Å². The summed E-state index contributed by atoms with van der Waals surface area (Å²) >= 11 is 0. The molecule has 1 aromatic carbocycles. The molecule has 1 aliphatic rings. The van der Waals surface area contributed by atoms with Gasteiger partial charge in [0.2, 0.25) is 11.6 Å². The number of hydrogen-bond donors (Lipinski definition) is 3. The molecule has 5 rings (SSSR count). The Labute approximate surface area is 163 Å². The summed E-state index contributed by atoms with van der Waals surface area (Å²) in [6.45, 7) is 1.38. The van der Waals surface area contributed by atoms with Gasteiger partial charge in [-0.15, -0.1) is 10.2 Å². The second kappa shape index (κ2) is 6.62. The molecule has 0 atom stereocenters. The number of amides is 1. The van der Waals surface area contributed by atoms with Crippen molar-refractivity contribution in [3.05, 3.63) is 47.1 Å². The number of carbonyl (C=O) groups is 1. The number of para-hydroxylation sites is 2. The van der Waals surface area contributed by atoms with Gasteiger partial charge in [0.15, 0.2) is 5.82 Å². The molecule has 1 aliphatic heterocycles. The normalized spacial score (nSPS) is 15.2. The first kappa shape index (κ1) is 17.2. The van der Waals surface area contributed by atoms with E-state index in [1.54, 1.807) is 16.8 Å². The van der Waals surface area contributed by atoms with E-state index in [2.05, 4.69) is 30.4 Å². The molecule has 4 heterocycles. The predicted molar refractivity (Wildman–Crippen MR) is 105 cm³/mol. The highest BCUT2D eigenvalue weighted by Crippen LogP contribution is 2.29. The minimum absolute atomic E-state index is 0.0910. The van der Waals surface area contributed by atoms with Crippen molar-refractivity contribution in [3.63, 3.8) is 0 Å². The van der Waals surface area contributed by atoms with Crippen LogP contribution >= 0.6 is 0 Å². The molecule has 0 aliphatic carbocycles. The molecule has 1 saturated heterocycles. The van der Waals surface area contributed by atoms with Gasteiger partial charge in [-0.25, -0.2) is 14.6 Å². The fraction of sp³-hybridized carbons (Fsp3) is 0.278. The van der Waals surface area contributed by atoms with Crippen LogP contribution in [0.3, 0.4) is 0 Å². The van der Waals surface area contributed by atoms with E-state index in [1.807, 2.05) is 28.8 Å². The standard InChI is InChI=1S/C18H18N8O3/c27-17-20-12-3-1-2-4-13(12)26(17)11-5-8-24(9-6-11)14-15-22-23-16(21-18(28)29)25(15)10-7-19-14/h1-4,7,10-11H,5-6,8-9H2,(H,20,27)(H,21,23)(H,28,29). The van der Waals surface area contributed by atoms with Crippen LogP contribution < -0.4 is 15.9 Å². The Morgan fingerprint density at radius 2 is 2.00 bits per heavy atom. The number of aromatic amines is 1. The van der Waals surface area contributed by atoms with Gasteiger partial charge >= 0.3 is 11.8 Å². The Hall–Kier alpha value is -3.89. The number of benzene rings is 1. The monoisotopic (exact) mass is 394 g/mol. The van der Waals surface area contributed by atoms with Crippen molar-refractivity contribution in [1.82, 2.24) is 29.1 Å². The molecule has 4 aromatic rings. The Morgan fingerprint density at radius 3 is 2.79 bits per heavy atom. The average Bonchev–Trinajstić information content (AvgIpc) is 3.28. The lowest BCUT2D eigenvalue weighted by atomic mass is 10.0. The summed E-state index contributed by atoms with van der Waals surface area (Å²) in [5.41, 5.74) is 2.15. The molecule has 0 saturated carbocycles. The molecule has 11 heteroatoms. The minimum Gasteiger partial charge on any atom is -0.465 e. The van der Waals surface area contributed by atoms with Gasteiger partial charge in [0.1, 0.15) is 0 Å². The van der Waals surface area contributed by atoms with Crippen molar-refractivity contribution in [2.45, 2.75) is 18.9 Å². The third-order valence-corrected chi connectivity index (χ3v) is 5.28. The number of imidazole rings is 1. The van der Waals surface area contributed by atoms with Crippen molar-refractivity contribution in [3.8, 4) is 0 Å². The van der Waals surface area contributed by atoms with Crippen molar-refractivity contribution in [2.24, 2.45) is 0 Å². The highest BCUT2D eigenvalue weighted by atomic mass is 16.4. The number of nitrogens with one attached hydrogen (secondary N) is 2. The van der Waals surface area contributed by atoms with E-state index in [9.17, 15) is 9.59 Å². The van der Waals surface area contributed by atoms with Gasteiger partial charge < -0.3 is 15.0 Å². The van der Waals surface area contributed by atoms with Gasteiger partial charge in [-0.2, -0.15) is 0 Å². The smallest absolute Gasteiger partial charge is 0.411 e. The summed E-state index contributed by atoms with van der Waals surface area (Å²) < 4.78 is 3.40. The Balaban J connectivity index is 1.41. The lowest BCUT2D eigenvalue weighted by molar-refractivity contribution is 0.209. The number of H-pyrrole nitrogens is 1. The largest absolute Gasteiger partial charge is 0.465 e. The summed E-state index contributed by atoms with van der Waals surface area (Å²) in [5.74, 6) is 0.763. The van der Waals surface area contributed by atoms with E-state index in [1.165, 1.54) is 0 Å². The molecular formula is C18H18N8O3. The van der Waals surface area contributed by atoms with Crippen molar-refractivity contribution < 1.29 is 9.90 Å². The van der Waals surface area contributed by atoms with Gasteiger partial charge in [0.25, 0.3) is 0 Å². The first-order chi connectivity index (χ1) is 14.1. The summed E-state index contributed by atoms with van der Waals surface area (Å²) in [7, 11) is 0. The lowest BCUT2D eigenvalue weighted by Crippen LogP contribution is -2.37. The van der Waals surface area contributed by atoms with E-state index in [0.717, 1.165) is 23.9 Å². The topological polar surface area (TPSA) is 133 Å². The van der Waals surface area contributed by atoms with Crippen molar-refractivity contribution in [2.75, 3.05) is 23.3 Å². The first-order valence-corrected chi connectivity index (χ1v) is 9.25. The quantitative estimate of drug-likeness (QED) is 0.481. The van der Waals surface area contributed by atoms with Crippen LogP contribution in [0, 0.1) is 0 Å². The van der Waals surface area contributed by atoms with Crippen LogP contribution in [0.15, 0.2) is 41.5 Å². The number of nitrogens with zero attached hydrogens (tertiary/aromatic N) is 6. The number of aromatic nitrogens is 6. The Bertz CT molecular complexity index is 1270. The zero-order valence-electron chi connectivity index (χ0n) is 15.3. The predicted octanol–water partition coefficient (Wildman–Crippen LogP) is 1.70. The van der Waals surface area contributed by atoms with Crippen LogP contribution in [0.4, 0.5) is 16.6 Å². The summed E-state index contributed by atoms with van der Waals surface area (Å²) in [6, 6.07) is 7.79. The van der Waals surface area contributed by atoms with E-state index in [-0.39, 0.29) is 17.7 Å². The van der Waals surface area contributed by atoms with E-state index < -0.39 is 6.09 Å². The molecule has 1 fully saturated rings. The third kappa shape index (κ3) is 2.87. The minimum atomic E-state index is -1.21. The molecular weight excluding hydrogens is 376 g/mol. The maximum absolute atomic E-state index is 12.5. The zero-order chi connectivity index (χ0) is 20.0. The second-order valence-electron chi connectivity index (χ2n) is 6.93.